The SMILES string of the molecule is CCCCN(c1cc(NCC)nc(COCC)n1)C1CC1. The van der Waals surface area contributed by atoms with Crippen molar-refractivity contribution in [3.05, 3.63) is 11.9 Å². The van der Waals surface area contributed by atoms with Crippen molar-refractivity contribution in [3.8, 4) is 0 Å². The Hall–Kier alpha value is -1.36. The lowest BCUT2D eigenvalue weighted by Gasteiger charge is -2.24. The van der Waals surface area contributed by atoms with E-state index in [0.717, 1.165) is 30.5 Å². The molecule has 0 amide bonds. The van der Waals surface area contributed by atoms with Gasteiger partial charge in [-0.1, -0.05) is 13.3 Å². The van der Waals surface area contributed by atoms with Gasteiger partial charge in [-0.3, -0.25) is 0 Å². The van der Waals surface area contributed by atoms with Crippen molar-refractivity contribution in [1.82, 2.24) is 9.97 Å². The maximum Gasteiger partial charge on any atom is 0.158 e. The van der Waals surface area contributed by atoms with Crippen LogP contribution in [0.2, 0.25) is 0 Å². The Morgan fingerprint density at radius 3 is 2.71 bits per heavy atom. The van der Waals surface area contributed by atoms with E-state index in [0.29, 0.717) is 19.3 Å². The molecule has 1 N–H and O–H groups in total. The van der Waals surface area contributed by atoms with Crippen molar-refractivity contribution < 1.29 is 4.74 Å². The number of nitrogens with zero attached hydrogens (tertiary/aromatic N) is 3. The van der Waals surface area contributed by atoms with Crippen LogP contribution in [0.1, 0.15) is 52.3 Å². The Morgan fingerprint density at radius 2 is 2.10 bits per heavy atom. The fourth-order valence-corrected chi connectivity index (χ4v) is 2.36. The first-order valence-electron chi connectivity index (χ1n) is 8.24. The van der Waals surface area contributed by atoms with E-state index in [1.807, 2.05) is 6.92 Å². The zero-order valence-corrected chi connectivity index (χ0v) is 13.6. The predicted octanol–water partition coefficient (Wildman–Crippen LogP) is 3.21. The smallest absolute Gasteiger partial charge is 0.158 e. The lowest BCUT2D eigenvalue weighted by Crippen LogP contribution is -2.28. The molecule has 0 bridgehead atoms. The normalized spacial score (nSPS) is 14.2. The van der Waals surface area contributed by atoms with Crippen LogP contribution in [0.4, 0.5) is 11.6 Å². The molecule has 0 atom stereocenters. The van der Waals surface area contributed by atoms with Gasteiger partial charge < -0.3 is 15.0 Å². The largest absolute Gasteiger partial charge is 0.374 e. The van der Waals surface area contributed by atoms with Gasteiger partial charge in [-0.25, -0.2) is 9.97 Å². The molecule has 1 heterocycles. The molecular weight excluding hydrogens is 264 g/mol. The summed E-state index contributed by atoms with van der Waals surface area (Å²) in [5, 5.41) is 3.30. The van der Waals surface area contributed by atoms with Crippen LogP contribution in [-0.4, -0.2) is 35.7 Å². The number of hydrogen-bond acceptors (Lipinski definition) is 5. The summed E-state index contributed by atoms with van der Waals surface area (Å²) in [7, 11) is 0. The molecular formula is C16H28N4O. The van der Waals surface area contributed by atoms with E-state index in [9.17, 15) is 0 Å². The second kappa shape index (κ2) is 8.17. The van der Waals surface area contributed by atoms with E-state index in [-0.39, 0.29) is 0 Å². The van der Waals surface area contributed by atoms with Crippen molar-refractivity contribution in [3.63, 3.8) is 0 Å². The van der Waals surface area contributed by atoms with E-state index in [1.165, 1.54) is 25.7 Å². The zero-order valence-electron chi connectivity index (χ0n) is 13.6. The van der Waals surface area contributed by atoms with Gasteiger partial charge in [0.1, 0.15) is 18.2 Å². The van der Waals surface area contributed by atoms with Crippen molar-refractivity contribution in [2.45, 2.75) is 59.1 Å². The number of nitrogens with one attached hydrogen (secondary N) is 1. The molecule has 0 aromatic carbocycles. The Bertz CT molecular complexity index is 434. The molecule has 1 aromatic rings. The van der Waals surface area contributed by atoms with Crippen LogP contribution in [0.3, 0.4) is 0 Å². The highest BCUT2D eigenvalue weighted by molar-refractivity contribution is 5.51. The van der Waals surface area contributed by atoms with Crippen LogP contribution < -0.4 is 10.2 Å². The summed E-state index contributed by atoms with van der Waals surface area (Å²) in [6.45, 7) is 9.42. The van der Waals surface area contributed by atoms with Crippen LogP contribution in [-0.2, 0) is 11.3 Å². The average molecular weight is 292 g/mol. The van der Waals surface area contributed by atoms with Crippen molar-refractivity contribution >= 4 is 11.6 Å². The minimum absolute atomic E-state index is 0.481. The Labute approximate surface area is 128 Å². The number of ether oxygens (including phenoxy) is 1. The zero-order chi connectivity index (χ0) is 15.1. The summed E-state index contributed by atoms with van der Waals surface area (Å²) >= 11 is 0. The third-order valence-electron chi connectivity index (χ3n) is 3.59. The monoisotopic (exact) mass is 292 g/mol. The fraction of sp³-hybridized carbons (Fsp3) is 0.750. The summed E-state index contributed by atoms with van der Waals surface area (Å²) in [6, 6.07) is 2.74. The molecule has 118 valence electrons. The van der Waals surface area contributed by atoms with Crippen LogP contribution >= 0.6 is 0 Å². The van der Waals surface area contributed by atoms with E-state index in [1.54, 1.807) is 0 Å². The molecule has 0 radical (unpaired) electrons. The second-order valence-electron chi connectivity index (χ2n) is 5.47. The summed E-state index contributed by atoms with van der Waals surface area (Å²) in [5.74, 6) is 2.72. The Morgan fingerprint density at radius 1 is 1.29 bits per heavy atom. The van der Waals surface area contributed by atoms with E-state index >= 15 is 0 Å². The minimum atomic E-state index is 0.481. The predicted molar refractivity (Wildman–Crippen MR) is 86.8 cm³/mol. The van der Waals surface area contributed by atoms with E-state index in [2.05, 4.69) is 35.1 Å². The van der Waals surface area contributed by atoms with Crippen molar-refractivity contribution in [1.29, 1.82) is 0 Å². The first kappa shape index (κ1) is 16.0. The van der Waals surface area contributed by atoms with E-state index in [4.69, 9.17) is 9.72 Å². The maximum absolute atomic E-state index is 5.47. The maximum atomic E-state index is 5.47. The number of unbranched alkanes of at least 4 members (excludes halogenated alkanes) is 1. The van der Waals surface area contributed by atoms with Gasteiger partial charge in [-0.15, -0.1) is 0 Å². The topological polar surface area (TPSA) is 50.3 Å². The van der Waals surface area contributed by atoms with Gasteiger partial charge in [0.2, 0.25) is 0 Å². The molecule has 0 unspecified atom stereocenters. The summed E-state index contributed by atoms with van der Waals surface area (Å²) in [4.78, 5) is 11.7. The van der Waals surface area contributed by atoms with E-state index < -0.39 is 0 Å². The lowest BCUT2D eigenvalue weighted by molar-refractivity contribution is 0.128. The molecule has 0 saturated heterocycles. The number of rotatable bonds is 10. The first-order valence-corrected chi connectivity index (χ1v) is 8.24. The van der Waals surface area contributed by atoms with Gasteiger partial charge in [0, 0.05) is 31.8 Å². The Kier molecular flexibility index (Phi) is 6.23. The van der Waals surface area contributed by atoms with Crippen LogP contribution in [0.15, 0.2) is 6.07 Å². The Balaban J connectivity index is 2.19. The highest BCUT2D eigenvalue weighted by Crippen LogP contribution is 2.31. The summed E-state index contributed by atoms with van der Waals surface area (Å²) < 4.78 is 5.47. The molecule has 1 fully saturated rings. The quantitative estimate of drug-likeness (QED) is 0.717. The number of anilines is 2. The molecule has 0 spiro atoms. The molecule has 21 heavy (non-hydrogen) atoms. The minimum Gasteiger partial charge on any atom is -0.374 e. The van der Waals surface area contributed by atoms with Gasteiger partial charge in [-0.2, -0.15) is 0 Å². The van der Waals surface area contributed by atoms with Gasteiger partial charge >= 0.3 is 0 Å². The first-order chi connectivity index (χ1) is 10.3. The molecule has 1 aliphatic rings. The molecule has 0 aliphatic heterocycles. The van der Waals surface area contributed by atoms with Gasteiger partial charge in [-0.05, 0) is 33.1 Å². The standard InChI is InChI=1S/C16H28N4O/c1-4-7-10-20(13-8-9-13)16-11-14(17-5-2)18-15(19-16)12-21-6-3/h11,13H,4-10,12H2,1-3H3,(H,17,18,19). The van der Waals surface area contributed by atoms with Crippen molar-refractivity contribution in [2.75, 3.05) is 29.9 Å². The molecule has 5 heteroatoms. The molecule has 1 aliphatic carbocycles. The lowest BCUT2D eigenvalue weighted by atomic mass is 10.3. The third-order valence-corrected chi connectivity index (χ3v) is 3.59. The van der Waals surface area contributed by atoms with Crippen LogP contribution in [0.5, 0.6) is 0 Å². The molecule has 2 rings (SSSR count). The molecule has 5 nitrogen and oxygen atoms in total. The number of hydrogen-bond donors (Lipinski definition) is 1. The number of aromatic nitrogens is 2. The van der Waals surface area contributed by atoms with Gasteiger partial charge in [0.15, 0.2) is 5.82 Å². The van der Waals surface area contributed by atoms with Crippen molar-refractivity contribution in [2.24, 2.45) is 0 Å². The fourth-order valence-electron chi connectivity index (χ4n) is 2.36. The molecule has 1 saturated carbocycles. The highest BCUT2D eigenvalue weighted by atomic mass is 16.5. The third kappa shape index (κ3) is 4.84. The van der Waals surface area contributed by atoms with Gasteiger partial charge in [0.05, 0.1) is 0 Å². The summed E-state index contributed by atoms with van der Waals surface area (Å²) in [5.41, 5.74) is 0. The van der Waals surface area contributed by atoms with Crippen LogP contribution in [0.25, 0.3) is 0 Å². The summed E-state index contributed by atoms with van der Waals surface area (Å²) in [6.07, 6.45) is 4.98. The van der Waals surface area contributed by atoms with Crippen LogP contribution in [0, 0.1) is 0 Å². The molecule has 1 aromatic heterocycles. The average Bonchev–Trinajstić information content (AvgIpc) is 3.30. The van der Waals surface area contributed by atoms with Gasteiger partial charge in [0.25, 0.3) is 0 Å². The highest BCUT2D eigenvalue weighted by Gasteiger charge is 2.30. The second-order valence-corrected chi connectivity index (χ2v) is 5.47.